The van der Waals surface area contributed by atoms with Crippen LogP contribution in [0.2, 0.25) is 0 Å². The Bertz CT molecular complexity index is 1650. The van der Waals surface area contributed by atoms with Gasteiger partial charge in [-0.3, -0.25) is 4.79 Å². The first-order valence-electron chi connectivity index (χ1n) is 18.4. The molecule has 0 aromatic heterocycles. The number of fused-ring (bicyclic) bond motifs is 2. The molecule has 0 spiro atoms. The fraction of sp³-hybridized carbons (Fsp3) is 0.465. The van der Waals surface area contributed by atoms with Crippen LogP contribution in [0.25, 0.3) is 0 Å². The van der Waals surface area contributed by atoms with Crippen molar-refractivity contribution >= 4 is 5.78 Å². The summed E-state index contributed by atoms with van der Waals surface area (Å²) in [5, 5.41) is 21.5. The number of aliphatic hydroxyl groups excluding tert-OH is 2. The first-order valence-corrected chi connectivity index (χ1v) is 18.4. The molecule has 3 aliphatic heterocycles. The maximum absolute atomic E-state index is 12.5. The minimum atomic E-state index is -0.927. The first kappa shape index (κ1) is 38.8. The van der Waals surface area contributed by atoms with Crippen molar-refractivity contribution in [1.29, 1.82) is 0 Å². The lowest BCUT2D eigenvalue weighted by molar-refractivity contribution is -0.298. The van der Waals surface area contributed by atoms with Crippen LogP contribution in [0.15, 0.2) is 97.1 Å². The van der Waals surface area contributed by atoms with Crippen molar-refractivity contribution in [2.24, 2.45) is 0 Å². The third-order valence-electron chi connectivity index (χ3n) is 9.70. The second-order valence-electron chi connectivity index (χ2n) is 13.8. The summed E-state index contributed by atoms with van der Waals surface area (Å²) >= 11 is 0. The van der Waals surface area contributed by atoms with E-state index in [-0.39, 0.29) is 18.6 Å². The topological polar surface area (TPSA) is 122 Å². The molecule has 53 heavy (non-hydrogen) atoms. The van der Waals surface area contributed by atoms with Crippen LogP contribution < -0.4 is 4.74 Å². The van der Waals surface area contributed by atoms with Gasteiger partial charge < -0.3 is 43.4 Å². The van der Waals surface area contributed by atoms with Gasteiger partial charge >= 0.3 is 0 Å². The molecule has 10 nitrogen and oxygen atoms in total. The van der Waals surface area contributed by atoms with Crippen molar-refractivity contribution in [2.45, 2.75) is 113 Å². The lowest BCUT2D eigenvalue weighted by atomic mass is 9.86. The van der Waals surface area contributed by atoms with Gasteiger partial charge in [0.2, 0.25) is 0 Å². The molecule has 2 N–H and O–H groups in total. The van der Waals surface area contributed by atoms with Gasteiger partial charge in [0.15, 0.2) is 0 Å². The van der Waals surface area contributed by atoms with E-state index in [0.29, 0.717) is 39.3 Å². The maximum Gasteiger partial charge on any atom is 0.132 e. The first-order chi connectivity index (χ1) is 25.9. The van der Waals surface area contributed by atoms with E-state index in [1.807, 2.05) is 91.0 Å². The Morgan fingerprint density at radius 1 is 0.811 bits per heavy atom. The summed E-state index contributed by atoms with van der Waals surface area (Å²) in [4.78, 5) is 12.5. The van der Waals surface area contributed by atoms with Crippen LogP contribution in [0.1, 0.15) is 49.3 Å². The highest BCUT2D eigenvalue weighted by Gasteiger charge is 2.53. The fourth-order valence-corrected chi connectivity index (χ4v) is 6.93. The summed E-state index contributed by atoms with van der Waals surface area (Å²) in [6, 6.07) is 27.4. The largest absolute Gasteiger partial charge is 0.497 e. The van der Waals surface area contributed by atoms with Gasteiger partial charge in [0, 0.05) is 25.7 Å². The molecule has 3 aliphatic rings. The monoisotopic (exact) mass is 726 g/mol. The van der Waals surface area contributed by atoms with Crippen LogP contribution in [-0.4, -0.2) is 90.8 Å². The average Bonchev–Trinajstić information content (AvgIpc) is 3.32. The molecule has 3 aromatic carbocycles. The molecule has 0 amide bonds. The number of aliphatic hydroxyl groups is 2. The predicted molar refractivity (Wildman–Crippen MR) is 197 cm³/mol. The molecule has 0 aliphatic carbocycles. The van der Waals surface area contributed by atoms with Gasteiger partial charge in [0.25, 0.3) is 0 Å². The van der Waals surface area contributed by atoms with E-state index in [0.717, 1.165) is 22.4 Å². The highest BCUT2D eigenvalue weighted by atomic mass is 16.6. The van der Waals surface area contributed by atoms with Gasteiger partial charge in [-0.1, -0.05) is 96.8 Å². The predicted octanol–water partition coefficient (Wildman–Crippen LogP) is 5.12. The van der Waals surface area contributed by atoms with Crippen LogP contribution in [0.5, 0.6) is 5.75 Å². The highest BCUT2D eigenvalue weighted by Crippen LogP contribution is 2.39. The van der Waals surface area contributed by atoms with E-state index in [9.17, 15) is 15.0 Å². The Morgan fingerprint density at radius 3 is 2.11 bits per heavy atom. The number of carbonyl (C=O) groups is 1. The van der Waals surface area contributed by atoms with Gasteiger partial charge in [-0.2, -0.15) is 0 Å². The van der Waals surface area contributed by atoms with Crippen molar-refractivity contribution in [3.8, 4) is 17.6 Å². The average molecular weight is 727 g/mol. The number of carbonyl (C=O) groups excluding carboxylic acids is 1. The van der Waals surface area contributed by atoms with Crippen molar-refractivity contribution in [1.82, 2.24) is 0 Å². The fourth-order valence-electron chi connectivity index (χ4n) is 6.93. The van der Waals surface area contributed by atoms with Crippen molar-refractivity contribution in [3.63, 3.8) is 0 Å². The van der Waals surface area contributed by atoms with Crippen LogP contribution in [0.3, 0.4) is 0 Å². The van der Waals surface area contributed by atoms with E-state index < -0.39 is 61.0 Å². The Balaban J connectivity index is 1.09. The lowest BCUT2D eigenvalue weighted by Gasteiger charge is -2.51. The van der Waals surface area contributed by atoms with Crippen molar-refractivity contribution in [3.05, 3.63) is 114 Å². The molecule has 1 unspecified atom stereocenters. The Hall–Kier alpha value is -3.89. The van der Waals surface area contributed by atoms with Crippen LogP contribution >= 0.6 is 0 Å². The van der Waals surface area contributed by atoms with Crippen molar-refractivity contribution < 1.29 is 48.2 Å². The molecule has 10 heteroatoms. The lowest BCUT2D eigenvalue weighted by Crippen LogP contribution is -2.64. The van der Waals surface area contributed by atoms with Gasteiger partial charge in [-0.15, -0.1) is 0 Å². The molecule has 0 saturated carbocycles. The molecule has 10 atom stereocenters. The Morgan fingerprint density at radius 2 is 1.45 bits per heavy atom. The molecule has 2 fully saturated rings. The van der Waals surface area contributed by atoms with Gasteiger partial charge in [-0.05, 0) is 35.7 Å². The summed E-state index contributed by atoms with van der Waals surface area (Å²) in [7, 11) is 1.62. The summed E-state index contributed by atoms with van der Waals surface area (Å²) in [5.74, 6) is 6.63. The number of methoxy groups -OCH3 is 1. The van der Waals surface area contributed by atoms with Crippen molar-refractivity contribution in [2.75, 3.05) is 13.7 Å². The number of Topliss-reactive ketones (excluding diaryl/α,β-unsaturated/α-hetero) is 1. The second-order valence-corrected chi connectivity index (χ2v) is 13.8. The highest BCUT2D eigenvalue weighted by molar-refractivity contribution is 5.76. The SMILES string of the molecule is COc1ccc(COCCC(O)C#CC[C@H]2O[C@H]3C[C@H]4O[C@@H](CC(C)=O)[C@H](OCc5ccccc5)[C@@H](OCc5ccccc5)[C@@H]4O[C@@H]3C=C[C@H]2O)cc1. The van der Waals surface area contributed by atoms with Gasteiger partial charge in [-0.25, -0.2) is 0 Å². The Kier molecular flexibility index (Phi) is 14.2. The summed E-state index contributed by atoms with van der Waals surface area (Å²) in [6.45, 7) is 2.97. The summed E-state index contributed by atoms with van der Waals surface area (Å²) < 4.78 is 43.9. The molecular formula is C43H50O10. The second kappa shape index (κ2) is 19.4. The number of ketones is 1. The quantitative estimate of drug-likeness (QED) is 0.124. The maximum atomic E-state index is 12.5. The third kappa shape index (κ3) is 11.1. The molecule has 2 saturated heterocycles. The zero-order valence-electron chi connectivity index (χ0n) is 30.3. The summed E-state index contributed by atoms with van der Waals surface area (Å²) in [6.07, 6.45) is -1.34. The van der Waals surface area contributed by atoms with E-state index in [4.69, 9.17) is 33.2 Å². The van der Waals surface area contributed by atoms with E-state index in [1.165, 1.54) is 0 Å². The molecule has 0 bridgehead atoms. The van der Waals surface area contributed by atoms with Crippen LogP contribution in [0.4, 0.5) is 0 Å². The normalized spacial score (nSPS) is 28.4. The molecule has 3 aromatic rings. The molecule has 0 radical (unpaired) electrons. The molecule has 6 rings (SSSR count). The van der Waals surface area contributed by atoms with Crippen LogP contribution in [-0.2, 0) is 53.0 Å². The third-order valence-corrected chi connectivity index (χ3v) is 9.70. The minimum Gasteiger partial charge on any atom is -0.497 e. The zero-order chi connectivity index (χ0) is 37.0. The number of rotatable bonds is 15. The van der Waals surface area contributed by atoms with Gasteiger partial charge in [0.05, 0.1) is 64.1 Å². The number of benzene rings is 3. The van der Waals surface area contributed by atoms with E-state index in [2.05, 4.69) is 11.8 Å². The van der Waals surface area contributed by atoms with E-state index >= 15 is 0 Å². The van der Waals surface area contributed by atoms with Crippen LogP contribution in [0, 0.1) is 11.8 Å². The number of hydrogen-bond donors (Lipinski definition) is 2. The zero-order valence-corrected chi connectivity index (χ0v) is 30.3. The van der Waals surface area contributed by atoms with Gasteiger partial charge in [0.1, 0.15) is 42.1 Å². The number of ether oxygens (including phenoxy) is 7. The molecular weight excluding hydrogens is 676 g/mol. The Labute approximate surface area is 312 Å². The number of hydrogen-bond acceptors (Lipinski definition) is 10. The standard InChI is InChI=1S/C43H50O10/c1-29(44)24-39-41(49-27-30-10-5-3-6-11-30)43(50-28-31-12-7-4-8-13-31)42-40(52-39)25-38-37(53-42)21-20-35(46)36(51-38)15-9-14-33(45)22-23-48-26-32-16-18-34(47-2)19-17-32/h3-8,10-13,16-21,33,35-43,45-46H,15,22-28H2,1-2H3/t33?,35-,36-,37-,38+,39+,40-,41+,42-,43-/m1/s1. The van der Waals surface area contributed by atoms with E-state index in [1.54, 1.807) is 20.1 Å². The summed E-state index contributed by atoms with van der Waals surface area (Å²) in [5.41, 5.74) is 3.01. The smallest absolute Gasteiger partial charge is 0.132 e. The molecule has 3 heterocycles. The minimum absolute atomic E-state index is 0.0143. The molecule has 282 valence electrons.